The van der Waals surface area contributed by atoms with Crippen molar-refractivity contribution in [1.29, 1.82) is 0 Å². The molecule has 0 aliphatic carbocycles. The minimum atomic E-state index is -0.626. The first-order chi connectivity index (χ1) is 11.7. The van der Waals surface area contributed by atoms with Crippen LogP contribution < -0.4 is 27.8 Å². The molecule has 25 heavy (non-hydrogen) atoms. The molecule has 0 fully saturated rings. The van der Waals surface area contributed by atoms with Crippen LogP contribution in [0.4, 0.5) is 0 Å². The Labute approximate surface area is 146 Å². The molecule has 1 aliphatic rings. The lowest BCUT2D eigenvalue weighted by Crippen LogP contribution is -2.52. The monoisotopic (exact) mass is 353 g/mol. The van der Waals surface area contributed by atoms with Crippen LogP contribution in [0, 0.1) is 0 Å². The van der Waals surface area contributed by atoms with Crippen molar-refractivity contribution >= 4 is 23.6 Å². The minimum Gasteiger partial charge on any atom is -0.370 e. The summed E-state index contributed by atoms with van der Waals surface area (Å²) in [6.45, 7) is 2.04. The first-order valence-electron chi connectivity index (χ1n) is 8.04. The summed E-state index contributed by atoms with van der Waals surface area (Å²) in [5.41, 5.74) is 16.4. The Bertz CT molecular complexity index is 569. The summed E-state index contributed by atoms with van der Waals surface area (Å²) in [7, 11) is 1.57. The fourth-order valence-electron chi connectivity index (χ4n) is 2.40. The van der Waals surface area contributed by atoms with E-state index in [2.05, 4.69) is 15.6 Å². The highest BCUT2D eigenvalue weighted by Crippen LogP contribution is 2.09. The minimum absolute atomic E-state index is 0.0272. The van der Waals surface area contributed by atoms with Gasteiger partial charge in [-0.25, -0.2) is 0 Å². The number of nitrogens with one attached hydrogen (secondary N) is 2. The molecule has 0 spiro atoms. The molecule has 8 N–H and O–H groups in total. The Morgan fingerprint density at radius 1 is 1.48 bits per heavy atom. The normalized spacial score (nSPS) is 17.8. The lowest BCUT2D eigenvalue weighted by atomic mass is 10.0. The summed E-state index contributed by atoms with van der Waals surface area (Å²) >= 11 is 0. The molecule has 0 bridgehead atoms. The first-order valence-corrected chi connectivity index (χ1v) is 8.04. The quantitative estimate of drug-likeness (QED) is 0.186. The maximum absolute atomic E-state index is 12.3. The van der Waals surface area contributed by atoms with Crippen LogP contribution in [0.15, 0.2) is 16.9 Å². The summed E-state index contributed by atoms with van der Waals surface area (Å²) < 4.78 is 0. The van der Waals surface area contributed by atoms with Gasteiger partial charge in [-0.05, 0) is 12.8 Å². The lowest BCUT2D eigenvalue weighted by Gasteiger charge is -2.31. The van der Waals surface area contributed by atoms with Gasteiger partial charge in [0.1, 0.15) is 11.9 Å². The zero-order valence-corrected chi connectivity index (χ0v) is 14.6. The fraction of sp³-hybridized carbons (Fsp3) is 0.600. The van der Waals surface area contributed by atoms with Gasteiger partial charge in [0.25, 0.3) is 0 Å². The number of aliphatic imine (C=N–C) groups is 1. The smallest absolute Gasteiger partial charge is 0.224 e. The zero-order chi connectivity index (χ0) is 19.0. The van der Waals surface area contributed by atoms with Crippen molar-refractivity contribution in [3.8, 4) is 0 Å². The molecule has 0 saturated carbocycles. The average Bonchev–Trinajstić information content (AvgIpc) is 2.50. The Kier molecular flexibility index (Phi) is 7.86. The topological polar surface area (TPSA) is 169 Å². The summed E-state index contributed by atoms with van der Waals surface area (Å²) in [5, 5.41) is 5.43. The van der Waals surface area contributed by atoms with Crippen molar-refractivity contribution in [2.24, 2.45) is 22.2 Å². The van der Waals surface area contributed by atoms with Gasteiger partial charge in [-0.3, -0.25) is 19.4 Å². The van der Waals surface area contributed by atoms with Crippen molar-refractivity contribution in [2.45, 2.75) is 38.3 Å². The van der Waals surface area contributed by atoms with E-state index in [0.717, 1.165) is 0 Å². The van der Waals surface area contributed by atoms with Gasteiger partial charge in [-0.2, -0.15) is 0 Å². The molecule has 2 amide bonds. The van der Waals surface area contributed by atoms with Gasteiger partial charge in [0.15, 0.2) is 11.7 Å². The van der Waals surface area contributed by atoms with Crippen molar-refractivity contribution in [1.82, 2.24) is 15.5 Å². The van der Waals surface area contributed by atoms with Crippen molar-refractivity contribution in [3.05, 3.63) is 11.9 Å². The van der Waals surface area contributed by atoms with E-state index in [1.54, 1.807) is 7.05 Å². The fourth-order valence-corrected chi connectivity index (χ4v) is 2.40. The van der Waals surface area contributed by atoms with Gasteiger partial charge in [0.05, 0.1) is 0 Å². The number of carbonyl (C=O) groups excluding carboxylic acids is 3. The van der Waals surface area contributed by atoms with Gasteiger partial charge in [0, 0.05) is 45.6 Å². The van der Waals surface area contributed by atoms with Gasteiger partial charge < -0.3 is 32.7 Å². The van der Waals surface area contributed by atoms with Crippen LogP contribution in [0.25, 0.3) is 0 Å². The number of hydrogen-bond donors (Lipinski definition) is 5. The number of nitrogens with zero attached hydrogens (tertiary/aromatic N) is 2. The molecule has 2 atom stereocenters. The Balaban J connectivity index is 2.48. The highest BCUT2D eigenvalue weighted by atomic mass is 16.2. The molecule has 0 saturated heterocycles. The Morgan fingerprint density at radius 2 is 2.16 bits per heavy atom. The summed E-state index contributed by atoms with van der Waals surface area (Å²) in [5.74, 6) is -0.378. The molecule has 140 valence electrons. The van der Waals surface area contributed by atoms with Gasteiger partial charge in [0.2, 0.25) is 11.8 Å². The summed E-state index contributed by atoms with van der Waals surface area (Å²) in [4.78, 5) is 40.7. The number of nitrogens with two attached hydrogens (primary N) is 3. The molecule has 1 rings (SSSR count). The van der Waals surface area contributed by atoms with Crippen LogP contribution in [-0.2, 0) is 14.4 Å². The average molecular weight is 353 g/mol. The molecule has 10 heteroatoms. The zero-order valence-electron chi connectivity index (χ0n) is 14.6. The summed E-state index contributed by atoms with van der Waals surface area (Å²) in [6.07, 6.45) is 2.68. The third kappa shape index (κ3) is 7.21. The van der Waals surface area contributed by atoms with E-state index >= 15 is 0 Å². The van der Waals surface area contributed by atoms with E-state index in [0.29, 0.717) is 25.2 Å². The van der Waals surface area contributed by atoms with E-state index in [-0.39, 0.29) is 42.6 Å². The van der Waals surface area contributed by atoms with E-state index < -0.39 is 6.04 Å². The molecule has 10 nitrogen and oxygen atoms in total. The lowest BCUT2D eigenvalue weighted by molar-refractivity contribution is -0.137. The SMILES string of the molecule is CC(=O)NC1=CC(=O)C(N(C)C(=O)C[C@@H](N)CCCN=C(N)N)CN1. The summed E-state index contributed by atoms with van der Waals surface area (Å²) in [6, 6.07) is -0.958. The number of hydrogen-bond acceptors (Lipinski definition) is 6. The third-order valence-corrected chi connectivity index (χ3v) is 3.74. The second-order valence-electron chi connectivity index (χ2n) is 5.96. The number of guanidine groups is 1. The number of carbonyl (C=O) groups is 3. The van der Waals surface area contributed by atoms with Gasteiger partial charge in [-0.1, -0.05) is 0 Å². The molecular weight excluding hydrogens is 326 g/mol. The number of likely N-dealkylation sites (N-methyl/N-ethyl adjacent to an activating group) is 1. The molecule has 0 radical (unpaired) electrons. The van der Waals surface area contributed by atoms with Gasteiger partial charge in [-0.15, -0.1) is 0 Å². The molecule has 0 aromatic heterocycles. The Morgan fingerprint density at radius 3 is 2.72 bits per heavy atom. The number of ketones is 1. The number of rotatable bonds is 8. The van der Waals surface area contributed by atoms with Crippen LogP contribution in [-0.4, -0.2) is 60.7 Å². The molecule has 0 aromatic rings. The predicted octanol–water partition coefficient (Wildman–Crippen LogP) is -2.27. The molecule has 1 heterocycles. The Hall–Kier alpha value is -2.62. The van der Waals surface area contributed by atoms with Gasteiger partial charge >= 0.3 is 0 Å². The second kappa shape index (κ2) is 9.62. The van der Waals surface area contributed by atoms with E-state index in [9.17, 15) is 14.4 Å². The second-order valence-corrected chi connectivity index (χ2v) is 5.96. The molecule has 1 unspecified atom stereocenters. The van der Waals surface area contributed by atoms with Crippen LogP contribution in [0.5, 0.6) is 0 Å². The van der Waals surface area contributed by atoms with Crippen LogP contribution in [0.2, 0.25) is 0 Å². The standard InChI is InChI=1S/C15H27N7O3/c1-9(23)21-13-7-12(24)11(8-20-13)22(2)14(25)6-10(16)4-3-5-19-15(17)18/h7,10-11,20H,3-6,8,16H2,1-2H3,(H,21,23)(H4,17,18,19)/t10-,11?/m0/s1. The highest BCUT2D eigenvalue weighted by Gasteiger charge is 2.29. The number of amides is 2. The highest BCUT2D eigenvalue weighted by molar-refractivity contribution is 5.98. The van der Waals surface area contributed by atoms with E-state index in [1.807, 2.05) is 0 Å². The van der Waals surface area contributed by atoms with Crippen molar-refractivity contribution in [2.75, 3.05) is 20.1 Å². The predicted molar refractivity (Wildman–Crippen MR) is 94.0 cm³/mol. The first kappa shape index (κ1) is 20.4. The van der Waals surface area contributed by atoms with Crippen molar-refractivity contribution < 1.29 is 14.4 Å². The van der Waals surface area contributed by atoms with E-state index in [1.165, 1.54) is 17.9 Å². The van der Waals surface area contributed by atoms with Crippen LogP contribution >= 0.6 is 0 Å². The largest absolute Gasteiger partial charge is 0.370 e. The van der Waals surface area contributed by atoms with Crippen molar-refractivity contribution in [3.63, 3.8) is 0 Å². The van der Waals surface area contributed by atoms with E-state index in [4.69, 9.17) is 17.2 Å². The molecule has 0 aromatic carbocycles. The maximum Gasteiger partial charge on any atom is 0.224 e. The van der Waals surface area contributed by atoms with Crippen LogP contribution in [0.3, 0.4) is 0 Å². The third-order valence-electron chi connectivity index (χ3n) is 3.74. The van der Waals surface area contributed by atoms with Crippen LogP contribution in [0.1, 0.15) is 26.2 Å². The molecular formula is C15H27N7O3. The molecule has 1 aliphatic heterocycles. The maximum atomic E-state index is 12.3.